The molecule has 0 amide bonds. The van der Waals surface area contributed by atoms with E-state index in [1.165, 1.54) is 179 Å². The number of nitrogen functional groups attached to an aromatic ring is 5. The van der Waals surface area contributed by atoms with Crippen LogP contribution in [0.15, 0.2) is 435 Å². The van der Waals surface area contributed by atoms with Crippen LogP contribution in [-0.4, -0.2) is 22.8 Å². The van der Waals surface area contributed by atoms with E-state index in [1.54, 1.807) is 11.3 Å². The second-order valence-corrected chi connectivity index (χ2v) is 35.6. The minimum absolute atomic E-state index is 0.104. The molecule has 0 fully saturated rings. The lowest BCUT2D eigenvalue weighted by molar-refractivity contribution is 0.382. The van der Waals surface area contributed by atoms with Crippen molar-refractivity contribution in [3.05, 3.63) is 471 Å². The fourth-order valence-corrected chi connectivity index (χ4v) is 21.2. The average Bonchev–Trinajstić information content (AvgIpc) is 1.01. The SMILES string of the molecule is Nc1c(F)c(F)c(F)c(F)c1F.Nc1cc(F)cc(F)c1.Nc1cc2ccccc2n1-c1ccccc1.Nc1cccc2c1oc1ccccc12.Nc1cccc2c1sc1ccccc12.c1ccc(-n2c3ccc4cccc5c4c3-c3c4c(cccc42)ccc3n5-c2ccccc2)cc1.c1ccc2cc(-n3c4ccc5cccc6c5c4-c4c5c(cccc53)ccc4n6-c3ccc4ccccc4c3)ccc2c1. The Morgan fingerprint density at radius 2 is 0.560 bits per heavy atom. The summed E-state index contributed by atoms with van der Waals surface area (Å²) in [4.78, 5) is 0. The molecule has 0 saturated carbocycles. The Morgan fingerprint density at radius 3 is 1.02 bits per heavy atom. The first-order valence-corrected chi connectivity index (χ1v) is 46.5. The van der Waals surface area contributed by atoms with Gasteiger partial charge in [0.15, 0.2) is 28.9 Å². The van der Waals surface area contributed by atoms with E-state index in [1.807, 2.05) is 91.0 Å². The third kappa shape index (κ3) is 15.2. The zero-order valence-corrected chi connectivity index (χ0v) is 75.9. The van der Waals surface area contributed by atoms with Crippen molar-refractivity contribution >= 4 is 202 Å². The van der Waals surface area contributed by atoms with Gasteiger partial charge in [-0.25, -0.2) is 30.7 Å². The highest BCUT2D eigenvalue weighted by atomic mass is 32.1. The zero-order valence-electron chi connectivity index (χ0n) is 75.1. The predicted octanol–water partition coefficient (Wildman–Crippen LogP) is 32.7. The molecule has 0 radical (unpaired) electrons. The molecule has 3 aromatic heterocycles. The Balaban J connectivity index is 0.0000000989. The normalized spacial score (nSPS) is 11.5. The highest BCUT2D eigenvalue weighted by Gasteiger charge is 2.31. The van der Waals surface area contributed by atoms with Crippen molar-refractivity contribution in [2.24, 2.45) is 0 Å². The number of thiophene rings is 1. The second kappa shape index (κ2) is 35.7. The number of para-hydroxylation sites is 6. The van der Waals surface area contributed by atoms with E-state index in [-0.39, 0.29) is 5.69 Å². The standard InChI is InChI=1S/C40H24N2.C32H20N2.C14H12N2.C12H9NO.C12H9NS.C6H2F5N.C6H5F2N/c1-3-9-29-23-31(19-15-25(29)7-1)41-33-13-5-11-27-18-22-36-40(37(27)33)39-35(41)21-17-28-12-6-14-34(38(28)39)42(36)32-20-16-26-8-2-4-10-30(26)24-32;1-3-11-23(12-4-1)33-25-15-7-9-21-18-20-28-32(29(21)25)31-27(33)19-17-22-10-8-16-26(30(22)31)34(28)24-13-5-2-6-14-24;15-14-10-11-6-4-5-9-13(11)16(14)12-7-2-1-3-8-12;2*13-10-6-3-5-9-8-4-1-2-7-11(8)14-12(9)10;7-1-2(8)4(10)6(12)5(11)3(1)9;7-4-1-5(8)3-6(9)2-4/h1-24H;1-20H;1-10H,15H2;2*1-7H,13H2;12H2;1-3H,9H2. The van der Waals surface area contributed by atoms with Crippen LogP contribution >= 0.6 is 11.3 Å². The van der Waals surface area contributed by atoms with Crippen molar-refractivity contribution in [2.75, 3.05) is 28.7 Å². The molecule has 29 rings (SSSR count). The number of anilines is 5. The fourth-order valence-electron chi connectivity index (χ4n) is 20.1. The second-order valence-electron chi connectivity index (χ2n) is 34.5. The minimum atomic E-state index is -2.21. The molecule has 10 N–H and O–H groups in total. The van der Waals surface area contributed by atoms with Gasteiger partial charge in [0.25, 0.3) is 0 Å². The summed E-state index contributed by atoms with van der Waals surface area (Å²) in [5, 5.41) is 21.3. The lowest BCUT2D eigenvalue weighted by atomic mass is 9.87. The fraction of sp³-hybridized carbons (Fsp3) is 0. The molecule has 25 aromatic rings. The van der Waals surface area contributed by atoms with E-state index >= 15 is 0 Å². The predicted molar refractivity (Wildman–Crippen MR) is 572 cm³/mol. The van der Waals surface area contributed by atoms with Crippen LogP contribution in [-0.2, 0) is 0 Å². The van der Waals surface area contributed by atoms with Gasteiger partial charge in [0, 0.05) is 121 Å². The maximum Gasteiger partial charge on any atom is 0.200 e. The lowest BCUT2D eigenvalue weighted by Gasteiger charge is -2.29. The molecule has 0 aliphatic carbocycles. The summed E-state index contributed by atoms with van der Waals surface area (Å²) in [6.45, 7) is 0. The van der Waals surface area contributed by atoms with E-state index < -0.39 is 46.4 Å². The van der Waals surface area contributed by atoms with Crippen LogP contribution in [0.1, 0.15) is 0 Å². The average molecular weight is 1870 g/mol. The van der Waals surface area contributed by atoms with Crippen LogP contribution in [0.5, 0.6) is 0 Å². The van der Waals surface area contributed by atoms with E-state index in [2.05, 4.69) is 350 Å². The van der Waals surface area contributed by atoms with Crippen LogP contribution in [0.3, 0.4) is 0 Å². The van der Waals surface area contributed by atoms with Crippen molar-refractivity contribution in [3.8, 4) is 50.7 Å². The molecule has 4 aliphatic heterocycles. The number of halogens is 7. The van der Waals surface area contributed by atoms with Gasteiger partial charge in [-0.2, -0.15) is 0 Å². The van der Waals surface area contributed by atoms with Gasteiger partial charge in [0.2, 0.25) is 5.82 Å². The number of rotatable bonds is 5. The van der Waals surface area contributed by atoms with Crippen molar-refractivity contribution < 1.29 is 35.2 Å². The first kappa shape index (κ1) is 86.8. The number of nitrogens with two attached hydrogens (primary N) is 5. The molecule has 0 saturated heterocycles. The topological polar surface area (TPSA) is 168 Å². The summed E-state index contributed by atoms with van der Waals surface area (Å²) >= 11 is 1.76. The number of pyridine rings is 4. The van der Waals surface area contributed by atoms with Crippen molar-refractivity contribution in [2.45, 2.75) is 0 Å². The molecule has 680 valence electrons. The summed E-state index contributed by atoms with van der Waals surface area (Å²) < 4.78 is 105. The minimum Gasteiger partial charge on any atom is -0.454 e. The molecule has 7 heterocycles. The Hall–Kier alpha value is -18.3. The summed E-state index contributed by atoms with van der Waals surface area (Å²) in [7, 11) is 0. The van der Waals surface area contributed by atoms with Gasteiger partial charge in [-0.3, -0.25) is 4.57 Å². The lowest BCUT2D eigenvalue weighted by Crippen LogP contribution is -2.09. The molecule has 22 aromatic carbocycles. The van der Waals surface area contributed by atoms with E-state index in [0.29, 0.717) is 5.69 Å². The van der Waals surface area contributed by atoms with Crippen LogP contribution in [0.25, 0.3) is 212 Å². The highest BCUT2D eigenvalue weighted by molar-refractivity contribution is 7.26. The van der Waals surface area contributed by atoms with Crippen LogP contribution < -0.4 is 28.7 Å². The maximum atomic E-state index is 12.3. The number of aromatic nitrogens is 5. The summed E-state index contributed by atoms with van der Waals surface area (Å²) in [6.07, 6.45) is 0. The van der Waals surface area contributed by atoms with Crippen molar-refractivity contribution in [3.63, 3.8) is 0 Å². The Labute approximate surface area is 805 Å². The van der Waals surface area contributed by atoms with Gasteiger partial charge in [-0.15, -0.1) is 11.3 Å². The summed E-state index contributed by atoms with van der Waals surface area (Å²) in [5.41, 5.74) is 51.6. The van der Waals surface area contributed by atoms with Gasteiger partial charge in [-0.1, -0.05) is 267 Å². The summed E-state index contributed by atoms with van der Waals surface area (Å²) in [6, 6.07) is 149. The quantitative estimate of drug-likeness (QED) is 0.0287. The Bertz CT molecular complexity index is 9170. The van der Waals surface area contributed by atoms with Crippen molar-refractivity contribution in [1.82, 2.24) is 22.8 Å². The molecular weight excluding hydrogens is 1790 g/mol. The van der Waals surface area contributed by atoms with E-state index in [9.17, 15) is 30.7 Å². The monoisotopic (exact) mass is 1870 g/mol. The highest BCUT2D eigenvalue weighted by Crippen LogP contribution is 2.53. The van der Waals surface area contributed by atoms with Crippen LogP contribution in [0.4, 0.5) is 59.3 Å². The van der Waals surface area contributed by atoms with Crippen LogP contribution in [0.2, 0.25) is 0 Å². The Morgan fingerprint density at radius 1 is 0.220 bits per heavy atom. The van der Waals surface area contributed by atoms with E-state index in [4.69, 9.17) is 27.4 Å². The zero-order chi connectivity index (χ0) is 96.0. The largest absolute Gasteiger partial charge is 0.454 e. The van der Waals surface area contributed by atoms with E-state index in [0.717, 1.165) is 62.8 Å². The first-order valence-electron chi connectivity index (χ1n) is 45.7. The number of benzene rings is 22. The number of hydrogen-bond donors (Lipinski definition) is 5. The molecule has 141 heavy (non-hydrogen) atoms. The number of fused-ring (bicyclic) bond motifs is 9. The molecule has 0 unspecified atom stereocenters. The molecule has 0 atom stereocenters. The molecule has 0 spiro atoms. The molecular formula is C122H81F7N10OS. The van der Waals surface area contributed by atoms with Crippen molar-refractivity contribution in [1.29, 1.82) is 0 Å². The third-order valence-electron chi connectivity index (χ3n) is 26.2. The number of furan rings is 1. The Kier molecular flexibility index (Phi) is 22.0. The number of hydrogen-bond acceptors (Lipinski definition) is 7. The third-order valence-corrected chi connectivity index (χ3v) is 27.4. The van der Waals surface area contributed by atoms with Gasteiger partial charge in [0.05, 0.1) is 60.0 Å². The molecule has 4 aliphatic rings. The maximum absolute atomic E-state index is 12.3. The smallest absolute Gasteiger partial charge is 0.200 e. The number of nitrogens with zero attached hydrogens (tertiary/aromatic N) is 5. The first-order chi connectivity index (χ1) is 69.0. The molecule has 11 nitrogen and oxygen atoms in total. The molecule has 19 heteroatoms. The van der Waals surface area contributed by atoms with Gasteiger partial charge < -0.3 is 51.4 Å². The van der Waals surface area contributed by atoms with Crippen LogP contribution in [0, 0.1) is 40.7 Å². The van der Waals surface area contributed by atoms with Gasteiger partial charge in [-0.05, 0) is 201 Å². The van der Waals surface area contributed by atoms with Gasteiger partial charge >= 0.3 is 0 Å². The summed E-state index contributed by atoms with van der Waals surface area (Å²) in [5.74, 6) is -10.8. The molecule has 0 bridgehead atoms. The van der Waals surface area contributed by atoms with Gasteiger partial charge in [0.1, 0.15) is 28.7 Å².